The van der Waals surface area contributed by atoms with Crippen LogP contribution in [0.4, 0.5) is 0 Å². The van der Waals surface area contributed by atoms with E-state index in [9.17, 15) is 0 Å². The molecule has 1 aromatic heterocycles. The van der Waals surface area contributed by atoms with Crippen LogP contribution in [0.1, 0.15) is 37.4 Å². The molecule has 17 heavy (non-hydrogen) atoms. The van der Waals surface area contributed by atoms with E-state index in [4.69, 9.17) is 15.2 Å². The van der Waals surface area contributed by atoms with Crippen molar-refractivity contribution in [3.8, 4) is 5.75 Å². The largest absolute Gasteiger partial charge is 0.495 e. The molecule has 4 nitrogen and oxygen atoms in total. The molecule has 0 aliphatic carbocycles. The Labute approximate surface area is 102 Å². The quantitative estimate of drug-likeness (QED) is 0.850. The maximum Gasteiger partial charge on any atom is 0.141 e. The van der Waals surface area contributed by atoms with Crippen molar-refractivity contribution in [2.24, 2.45) is 5.73 Å². The summed E-state index contributed by atoms with van der Waals surface area (Å²) in [7, 11) is 1.65. The Kier molecular flexibility index (Phi) is 4.34. The highest BCUT2D eigenvalue weighted by molar-refractivity contribution is 5.29. The Morgan fingerprint density at radius 2 is 2.53 bits per heavy atom. The lowest BCUT2D eigenvalue weighted by Crippen LogP contribution is -2.16. The van der Waals surface area contributed by atoms with Gasteiger partial charge in [-0.2, -0.15) is 0 Å². The molecule has 1 aromatic rings. The van der Waals surface area contributed by atoms with Gasteiger partial charge in [-0.25, -0.2) is 0 Å². The first-order valence-electron chi connectivity index (χ1n) is 6.17. The number of ether oxygens (including phenoxy) is 2. The highest BCUT2D eigenvalue weighted by atomic mass is 16.5. The fourth-order valence-electron chi connectivity index (χ4n) is 2.23. The number of hydrogen-bond donors (Lipinski definition) is 1. The second-order valence-corrected chi connectivity index (χ2v) is 4.41. The highest BCUT2D eigenvalue weighted by Gasteiger charge is 2.19. The van der Waals surface area contributed by atoms with E-state index in [2.05, 4.69) is 4.98 Å². The number of methoxy groups -OCH3 is 1. The molecule has 1 aliphatic rings. The Hall–Kier alpha value is -1.13. The molecule has 2 unspecified atom stereocenters. The van der Waals surface area contributed by atoms with Crippen LogP contribution in [0.5, 0.6) is 5.75 Å². The van der Waals surface area contributed by atoms with Gasteiger partial charge in [0.2, 0.25) is 0 Å². The van der Waals surface area contributed by atoms with Crippen molar-refractivity contribution in [3.05, 3.63) is 24.0 Å². The molecular weight excluding hydrogens is 216 g/mol. The van der Waals surface area contributed by atoms with Crippen LogP contribution < -0.4 is 10.5 Å². The van der Waals surface area contributed by atoms with E-state index in [1.54, 1.807) is 13.3 Å². The van der Waals surface area contributed by atoms with Gasteiger partial charge in [0.25, 0.3) is 0 Å². The molecule has 4 heteroatoms. The molecule has 0 spiro atoms. The van der Waals surface area contributed by atoms with Crippen LogP contribution >= 0.6 is 0 Å². The molecule has 2 heterocycles. The van der Waals surface area contributed by atoms with Crippen molar-refractivity contribution < 1.29 is 9.47 Å². The number of rotatable bonds is 5. The van der Waals surface area contributed by atoms with Gasteiger partial charge in [0.1, 0.15) is 5.75 Å². The molecule has 0 saturated carbocycles. The first-order valence-corrected chi connectivity index (χ1v) is 6.17. The van der Waals surface area contributed by atoms with Gasteiger partial charge in [-0.05, 0) is 37.8 Å². The summed E-state index contributed by atoms with van der Waals surface area (Å²) < 4.78 is 10.9. The number of aromatic nitrogens is 1. The van der Waals surface area contributed by atoms with E-state index < -0.39 is 0 Å². The van der Waals surface area contributed by atoms with Crippen LogP contribution in [0.15, 0.2) is 18.3 Å². The van der Waals surface area contributed by atoms with Gasteiger partial charge in [0.15, 0.2) is 0 Å². The van der Waals surface area contributed by atoms with E-state index in [1.807, 2.05) is 12.1 Å². The van der Waals surface area contributed by atoms with Crippen LogP contribution in [0.3, 0.4) is 0 Å². The average molecular weight is 236 g/mol. The zero-order valence-corrected chi connectivity index (χ0v) is 10.3. The van der Waals surface area contributed by atoms with Crippen molar-refractivity contribution in [2.45, 2.75) is 37.8 Å². The minimum absolute atomic E-state index is 0.0738. The van der Waals surface area contributed by atoms with E-state index >= 15 is 0 Å². The molecule has 2 N–H and O–H groups in total. The molecule has 2 atom stereocenters. The second-order valence-electron chi connectivity index (χ2n) is 4.41. The summed E-state index contributed by atoms with van der Waals surface area (Å²) >= 11 is 0. The summed E-state index contributed by atoms with van der Waals surface area (Å²) in [5.74, 6) is 0.771. The lowest BCUT2D eigenvalue weighted by atomic mass is 10.0. The third-order valence-corrected chi connectivity index (χ3v) is 3.19. The fourth-order valence-corrected chi connectivity index (χ4v) is 2.23. The average Bonchev–Trinajstić information content (AvgIpc) is 2.89. The van der Waals surface area contributed by atoms with Crippen molar-refractivity contribution in [1.29, 1.82) is 0 Å². The summed E-state index contributed by atoms with van der Waals surface area (Å²) in [4.78, 5) is 4.30. The van der Waals surface area contributed by atoms with Crippen molar-refractivity contribution in [1.82, 2.24) is 4.98 Å². The predicted octanol–water partition coefficient (Wildman–Crippen LogP) is 2.05. The van der Waals surface area contributed by atoms with E-state index in [-0.39, 0.29) is 6.04 Å². The van der Waals surface area contributed by atoms with E-state index in [1.165, 1.54) is 6.42 Å². The Bertz CT molecular complexity index is 351. The SMILES string of the molecule is COc1cccnc1C(N)CCC1CCCO1. The Balaban J connectivity index is 1.91. The summed E-state index contributed by atoms with van der Waals surface area (Å²) in [6, 6.07) is 3.68. The van der Waals surface area contributed by atoms with E-state index in [0.717, 1.165) is 37.3 Å². The van der Waals surface area contributed by atoms with Crippen LogP contribution in [0, 0.1) is 0 Å². The van der Waals surface area contributed by atoms with E-state index in [0.29, 0.717) is 6.10 Å². The lowest BCUT2D eigenvalue weighted by molar-refractivity contribution is 0.101. The first-order chi connectivity index (χ1) is 8.31. The van der Waals surface area contributed by atoms with Gasteiger partial charge in [-0.15, -0.1) is 0 Å². The van der Waals surface area contributed by atoms with Gasteiger partial charge in [-0.3, -0.25) is 4.98 Å². The van der Waals surface area contributed by atoms with Crippen molar-refractivity contribution >= 4 is 0 Å². The lowest BCUT2D eigenvalue weighted by Gasteiger charge is -2.16. The van der Waals surface area contributed by atoms with Crippen LogP contribution in [-0.4, -0.2) is 24.8 Å². The van der Waals surface area contributed by atoms with Crippen molar-refractivity contribution in [3.63, 3.8) is 0 Å². The van der Waals surface area contributed by atoms with Gasteiger partial charge >= 0.3 is 0 Å². The molecule has 0 bridgehead atoms. The van der Waals surface area contributed by atoms with Crippen LogP contribution in [-0.2, 0) is 4.74 Å². The summed E-state index contributed by atoms with van der Waals surface area (Å²) in [6.07, 6.45) is 6.36. The van der Waals surface area contributed by atoms with Gasteiger partial charge in [0, 0.05) is 12.8 Å². The molecule has 1 aliphatic heterocycles. The highest BCUT2D eigenvalue weighted by Crippen LogP contribution is 2.26. The predicted molar refractivity (Wildman–Crippen MR) is 65.9 cm³/mol. The molecule has 1 saturated heterocycles. The monoisotopic (exact) mass is 236 g/mol. The molecule has 0 aromatic carbocycles. The zero-order chi connectivity index (χ0) is 12.1. The summed E-state index contributed by atoms with van der Waals surface area (Å²) in [5, 5.41) is 0. The van der Waals surface area contributed by atoms with Crippen LogP contribution in [0.2, 0.25) is 0 Å². The third-order valence-electron chi connectivity index (χ3n) is 3.19. The minimum Gasteiger partial charge on any atom is -0.495 e. The van der Waals surface area contributed by atoms with Gasteiger partial charge < -0.3 is 15.2 Å². The molecule has 0 amide bonds. The molecule has 2 rings (SSSR count). The Morgan fingerprint density at radius 1 is 1.65 bits per heavy atom. The summed E-state index contributed by atoms with van der Waals surface area (Å²) in [5.41, 5.74) is 6.99. The first kappa shape index (κ1) is 12.3. The molecule has 94 valence electrons. The molecule has 0 radical (unpaired) electrons. The second kappa shape index (κ2) is 5.98. The van der Waals surface area contributed by atoms with Crippen molar-refractivity contribution in [2.75, 3.05) is 13.7 Å². The standard InChI is InChI=1S/C13H20N2O2/c1-16-12-5-2-8-15-13(12)11(14)7-6-10-4-3-9-17-10/h2,5,8,10-11H,3-4,6-7,9,14H2,1H3. The summed E-state index contributed by atoms with van der Waals surface area (Å²) in [6.45, 7) is 0.896. The maximum atomic E-state index is 6.15. The number of nitrogens with two attached hydrogens (primary N) is 1. The number of nitrogens with zero attached hydrogens (tertiary/aromatic N) is 1. The normalized spacial score (nSPS) is 21.4. The smallest absolute Gasteiger partial charge is 0.141 e. The molecular formula is C13H20N2O2. The Morgan fingerprint density at radius 3 is 3.24 bits per heavy atom. The zero-order valence-electron chi connectivity index (χ0n) is 10.3. The maximum absolute atomic E-state index is 6.15. The van der Waals surface area contributed by atoms with Gasteiger partial charge in [0.05, 0.1) is 24.9 Å². The topological polar surface area (TPSA) is 57.4 Å². The number of pyridine rings is 1. The molecule has 1 fully saturated rings. The third kappa shape index (κ3) is 3.17. The fraction of sp³-hybridized carbons (Fsp3) is 0.615. The van der Waals surface area contributed by atoms with Crippen LogP contribution in [0.25, 0.3) is 0 Å². The number of hydrogen-bond acceptors (Lipinski definition) is 4. The van der Waals surface area contributed by atoms with Gasteiger partial charge in [-0.1, -0.05) is 0 Å². The minimum atomic E-state index is -0.0738.